The van der Waals surface area contributed by atoms with Crippen LogP contribution in [0.15, 0.2) is 24.3 Å². The van der Waals surface area contributed by atoms with Gasteiger partial charge in [-0.2, -0.15) is 0 Å². The maximum absolute atomic E-state index is 9.74. The Morgan fingerprint density at radius 1 is 1.27 bits per heavy atom. The van der Waals surface area contributed by atoms with Crippen LogP contribution >= 0.6 is 0 Å². The van der Waals surface area contributed by atoms with Crippen LogP contribution in [0, 0.1) is 18.8 Å². The number of aryl methyl sites for hydroxylation is 1. The fourth-order valence-corrected chi connectivity index (χ4v) is 1.27. The normalized spacial score (nSPS) is 11.7. The van der Waals surface area contributed by atoms with Gasteiger partial charge in [-0.3, -0.25) is 0 Å². The molecule has 0 spiro atoms. The van der Waals surface area contributed by atoms with E-state index in [1.165, 1.54) is 5.56 Å². The van der Waals surface area contributed by atoms with Gasteiger partial charge in [-0.05, 0) is 18.9 Å². The Labute approximate surface area is 92.1 Å². The quantitative estimate of drug-likeness (QED) is 0.589. The van der Waals surface area contributed by atoms with Gasteiger partial charge in [0.25, 0.3) is 0 Å². The van der Waals surface area contributed by atoms with Crippen molar-refractivity contribution in [2.45, 2.75) is 39.2 Å². The number of rotatable bonds is 3. The van der Waals surface area contributed by atoms with E-state index < -0.39 is 6.10 Å². The van der Waals surface area contributed by atoms with Crippen molar-refractivity contribution in [1.82, 2.24) is 0 Å². The molecule has 1 atom stereocenters. The van der Waals surface area contributed by atoms with Crippen LogP contribution in [-0.2, 0) is 0 Å². The first kappa shape index (κ1) is 11.8. The van der Waals surface area contributed by atoms with E-state index in [9.17, 15) is 5.11 Å². The Bertz CT molecular complexity index is 340. The average Bonchev–Trinajstić information content (AvgIpc) is 2.25. The van der Waals surface area contributed by atoms with Crippen LogP contribution in [0.25, 0.3) is 0 Å². The number of aliphatic hydroxyl groups excluding tert-OH is 1. The molecule has 0 aliphatic carbocycles. The lowest BCUT2D eigenvalue weighted by Crippen LogP contribution is -1.93. The highest BCUT2D eigenvalue weighted by Gasteiger charge is 2.01. The molecule has 0 aromatic heterocycles. The van der Waals surface area contributed by atoms with Crippen LogP contribution in [0.1, 0.15) is 43.4 Å². The number of unbranched alkanes of at least 4 members (excludes halogenated alkanes) is 2. The van der Waals surface area contributed by atoms with Crippen molar-refractivity contribution >= 4 is 0 Å². The highest BCUT2D eigenvalue weighted by atomic mass is 16.3. The molecule has 1 nitrogen and oxygen atoms in total. The zero-order valence-corrected chi connectivity index (χ0v) is 9.46. The molecular weight excluding hydrogens is 184 g/mol. The largest absolute Gasteiger partial charge is 0.376 e. The van der Waals surface area contributed by atoms with E-state index in [1.807, 2.05) is 31.2 Å². The molecule has 0 aliphatic rings. The Morgan fingerprint density at radius 3 is 2.53 bits per heavy atom. The second-order valence-electron chi connectivity index (χ2n) is 3.74. The van der Waals surface area contributed by atoms with Gasteiger partial charge in [0.05, 0.1) is 0 Å². The fraction of sp³-hybridized carbons (Fsp3) is 0.429. The van der Waals surface area contributed by atoms with Gasteiger partial charge in [-0.15, -0.1) is 5.92 Å². The predicted molar refractivity (Wildman–Crippen MR) is 63.4 cm³/mol. The van der Waals surface area contributed by atoms with Gasteiger partial charge in [-0.25, -0.2) is 0 Å². The van der Waals surface area contributed by atoms with E-state index >= 15 is 0 Å². The summed E-state index contributed by atoms with van der Waals surface area (Å²) in [6.07, 6.45) is 2.49. The van der Waals surface area contributed by atoms with Crippen LogP contribution in [0.4, 0.5) is 0 Å². The van der Waals surface area contributed by atoms with Crippen LogP contribution in [0.2, 0.25) is 0 Å². The van der Waals surface area contributed by atoms with Gasteiger partial charge in [-0.1, -0.05) is 49.1 Å². The third-order valence-corrected chi connectivity index (χ3v) is 2.29. The van der Waals surface area contributed by atoms with Crippen LogP contribution in [0.3, 0.4) is 0 Å². The van der Waals surface area contributed by atoms with Gasteiger partial charge >= 0.3 is 0 Å². The van der Waals surface area contributed by atoms with E-state index in [-0.39, 0.29) is 0 Å². The second kappa shape index (κ2) is 6.27. The minimum absolute atomic E-state index is 0.637. The van der Waals surface area contributed by atoms with Crippen molar-refractivity contribution in [1.29, 1.82) is 0 Å². The third kappa shape index (κ3) is 4.18. The first-order chi connectivity index (χ1) is 7.24. The van der Waals surface area contributed by atoms with Gasteiger partial charge in [0, 0.05) is 6.42 Å². The van der Waals surface area contributed by atoms with Gasteiger partial charge in [0.1, 0.15) is 6.10 Å². The Morgan fingerprint density at radius 2 is 1.93 bits per heavy atom. The molecule has 0 bridgehead atoms. The smallest absolute Gasteiger partial charge is 0.140 e. The number of benzene rings is 1. The Kier molecular flexibility index (Phi) is 4.93. The molecule has 1 rings (SSSR count). The molecule has 0 aliphatic heterocycles. The monoisotopic (exact) mass is 202 g/mol. The lowest BCUT2D eigenvalue weighted by molar-refractivity contribution is 0.238. The fourth-order valence-electron chi connectivity index (χ4n) is 1.27. The zero-order valence-electron chi connectivity index (χ0n) is 9.46. The molecule has 1 N–H and O–H groups in total. The van der Waals surface area contributed by atoms with Gasteiger partial charge in [0.2, 0.25) is 0 Å². The summed E-state index contributed by atoms with van der Waals surface area (Å²) in [7, 11) is 0. The minimum Gasteiger partial charge on any atom is -0.376 e. The van der Waals surface area contributed by atoms with Gasteiger partial charge < -0.3 is 5.11 Å². The molecule has 1 aromatic carbocycles. The van der Waals surface area contributed by atoms with E-state index in [0.29, 0.717) is 0 Å². The van der Waals surface area contributed by atoms with Gasteiger partial charge in [0.15, 0.2) is 0 Å². The van der Waals surface area contributed by atoms with Crippen molar-refractivity contribution in [2.24, 2.45) is 0 Å². The Balaban J connectivity index is 2.55. The first-order valence-corrected chi connectivity index (χ1v) is 5.47. The summed E-state index contributed by atoms with van der Waals surface area (Å²) in [5.74, 6) is 5.86. The van der Waals surface area contributed by atoms with Crippen LogP contribution in [0.5, 0.6) is 0 Å². The number of aliphatic hydroxyl groups is 1. The van der Waals surface area contributed by atoms with Crippen LogP contribution < -0.4 is 0 Å². The molecule has 0 amide bonds. The lowest BCUT2D eigenvalue weighted by atomic mass is 10.1. The molecule has 15 heavy (non-hydrogen) atoms. The molecular formula is C14H18O. The molecule has 0 fully saturated rings. The van der Waals surface area contributed by atoms with E-state index in [1.54, 1.807) is 0 Å². The second-order valence-corrected chi connectivity index (χ2v) is 3.74. The third-order valence-electron chi connectivity index (χ3n) is 2.29. The molecule has 0 unspecified atom stereocenters. The summed E-state index contributed by atoms with van der Waals surface area (Å²) >= 11 is 0. The number of hydrogen-bond acceptors (Lipinski definition) is 1. The van der Waals surface area contributed by atoms with Crippen molar-refractivity contribution in [3.05, 3.63) is 35.4 Å². The Hall–Kier alpha value is -1.26. The maximum atomic E-state index is 9.74. The summed E-state index contributed by atoms with van der Waals surface area (Å²) < 4.78 is 0. The topological polar surface area (TPSA) is 20.2 Å². The number of hydrogen-bond donors (Lipinski definition) is 1. The van der Waals surface area contributed by atoms with Crippen LogP contribution in [-0.4, -0.2) is 5.11 Å². The first-order valence-electron chi connectivity index (χ1n) is 5.47. The lowest BCUT2D eigenvalue weighted by Gasteiger charge is -2.03. The molecule has 0 heterocycles. The van der Waals surface area contributed by atoms with Crippen molar-refractivity contribution in [2.75, 3.05) is 0 Å². The highest BCUT2D eigenvalue weighted by molar-refractivity contribution is 5.27. The molecule has 0 saturated carbocycles. The molecule has 80 valence electrons. The SMILES string of the molecule is CCCCC#C[C@H](O)c1ccc(C)cc1. The predicted octanol–water partition coefficient (Wildman–Crippen LogP) is 3.22. The van der Waals surface area contributed by atoms with Crippen molar-refractivity contribution < 1.29 is 5.11 Å². The standard InChI is InChI=1S/C14H18O/c1-3-4-5-6-7-14(15)13-10-8-12(2)9-11-13/h8-11,14-15H,3-5H2,1-2H3/t14-/m0/s1. The molecule has 0 saturated heterocycles. The highest BCUT2D eigenvalue weighted by Crippen LogP contribution is 2.12. The zero-order chi connectivity index (χ0) is 11.1. The minimum atomic E-state index is -0.637. The summed E-state index contributed by atoms with van der Waals surface area (Å²) in [6, 6.07) is 7.83. The molecule has 1 aromatic rings. The molecule has 0 radical (unpaired) electrons. The maximum Gasteiger partial charge on any atom is 0.140 e. The van der Waals surface area contributed by atoms with E-state index in [2.05, 4.69) is 18.8 Å². The summed E-state index contributed by atoms with van der Waals surface area (Å²) in [5, 5.41) is 9.74. The van der Waals surface area contributed by atoms with Crippen molar-refractivity contribution in [3.63, 3.8) is 0 Å². The van der Waals surface area contributed by atoms with E-state index in [4.69, 9.17) is 0 Å². The average molecular weight is 202 g/mol. The summed E-state index contributed by atoms with van der Waals surface area (Å²) in [4.78, 5) is 0. The van der Waals surface area contributed by atoms with E-state index in [0.717, 1.165) is 24.8 Å². The summed E-state index contributed by atoms with van der Waals surface area (Å²) in [5.41, 5.74) is 2.08. The van der Waals surface area contributed by atoms with Crippen molar-refractivity contribution in [3.8, 4) is 11.8 Å². The summed E-state index contributed by atoms with van der Waals surface area (Å²) in [6.45, 7) is 4.17. The molecule has 1 heteroatoms.